The lowest BCUT2D eigenvalue weighted by Crippen LogP contribution is -2.37. The van der Waals surface area contributed by atoms with E-state index in [4.69, 9.17) is 21.4 Å². The molecule has 0 saturated carbocycles. The van der Waals surface area contributed by atoms with Gasteiger partial charge in [0.15, 0.2) is 0 Å². The molecule has 0 bridgehead atoms. The molecule has 1 atom stereocenters. The maximum atomic E-state index is 13.0. The Balaban J connectivity index is 1.77. The number of aliphatic carboxylic acids is 1. The van der Waals surface area contributed by atoms with Crippen LogP contribution in [-0.2, 0) is 11.4 Å². The summed E-state index contributed by atoms with van der Waals surface area (Å²) in [7, 11) is 0. The van der Waals surface area contributed by atoms with Crippen LogP contribution in [0.4, 0.5) is 0 Å². The zero-order valence-electron chi connectivity index (χ0n) is 14.2. The lowest BCUT2D eigenvalue weighted by molar-refractivity contribution is -0.137. The number of halogens is 1. The van der Waals surface area contributed by atoms with Crippen LogP contribution in [0.25, 0.3) is 0 Å². The first-order chi connectivity index (χ1) is 12.6. The van der Waals surface area contributed by atoms with Gasteiger partial charge >= 0.3 is 5.97 Å². The summed E-state index contributed by atoms with van der Waals surface area (Å²) in [4.78, 5) is 25.7. The van der Waals surface area contributed by atoms with Crippen molar-refractivity contribution < 1.29 is 19.4 Å². The van der Waals surface area contributed by atoms with Crippen LogP contribution >= 0.6 is 11.6 Å². The molecule has 0 radical (unpaired) electrons. The fraction of sp³-hybridized carbons (Fsp3) is 0.300. The van der Waals surface area contributed by atoms with Gasteiger partial charge in [-0.05, 0) is 31.0 Å². The highest BCUT2D eigenvalue weighted by atomic mass is 35.5. The fourth-order valence-corrected chi connectivity index (χ4v) is 3.40. The van der Waals surface area contributed by atoms with E-state index in [9.17, 15) is 9.59 Å². The maximum absolute atomic E-state index is 13.0. The third-order valence-electron chi connectivity index (χ3n) is 4.51. The molecule has 0 aliphatic carbocycles. The highest BCUT2D eigenvalue weighted by Crippen LogP contribution is 2.27. The first-order valence-corrected chi connectivity index (χ1v) is 8.92. The van der Waals surface area contributed by atoms with Crippen LogP contribution < -0.4 is 4.74 Å². The van der Waals surface area contributed by atoms with Crippen LogP contribution in [0.15, 0.2) is 48.5 Å². The number of likely N-dealkylation sites (tertiary alicyclic amines) is 1. The summed E-state index contributed by atoms with van der Waals surface area (Å²) in [6, 6.07) is 14.1. The normalized spacial score (nSPS) is 16.5. The zero-order chi connectivity index (χ0) is 18.5. The van der Waals surface area contributed by atoms with Gasteiger partial charge in [0.1, 0.15) is 12.4 Å². The molecule has 1 unspecified atom stereocenters. The standard InChI is InChI=1S/C20H20ClNO4/c21-17-9-3-1-6-14(17)13-26-18-10-4-2-8-16(18)20(25)22-11-5-7-15(22)12-19(23)24/h1-4,6,8-10,15H,5,7,11-13H2,(H,23,24). The SMILES string of the molecule is O=C(O)CC1CCCN1C(=O)c1ccccc1OCc1ccccc1Cl. The van der Waals surface area contributed by atoms with E-state index < -0.39 is 5.97 Å². The van der Waals surface area contributed by atoms with Gasteiger partial charge in [0.25, 0.3) is 5.91 Å². The molecule has 6 heteroatoms. The van der Waals surface area contributed by atoms with E-state index in [0.29, 0.717) is 29.3 Å². The summed E-state index contributed by atoms with van der Waals surface area (Å²) in [5.74, 6) is -0.611. The van der Waals surface area contributed by atoms with Gasteiger partial charge in [-0.15, -0.1) is 0 Å². The molecular weight excluding hydrogens is 354 g/mol. The number of para-hydroxylation sites is 1. The topological polar surface area (TPSA) is 66.8 Å². The highest BCUT2D eigenvalue weighted by molar-refractivity contribution is 6.31. The summed E-state index contributed by atoms with van der Waals surface area (Å²) in [6.07, 6.45) is 1.49. The van der Waals surface area contributed by atoms with E-state index in [0.717, 1.165) is 12.0 Å². The number of ether oxygens (including phenoxy) is 1. The Labute approximate surface area is 157 Å². The summed E-state index contributed by atoms with van der Waals surface area (Å²) < 4.78 is 5.85. The molecule has 3 rings (SSSR count). The largest absolute Gasteiger partial charge is 0.488 e. The summed E-state index contributed by atoms with van der Waals surface area (Å²) in [5.41, 5.74) is 1.28. The van der Waals surface area contributed by atoms with Crippen molar-refractivity contribution in [1.82, 2.24) is 4.90 Å². The zero-order valence-corrected chi connectivity index (χ0v) is 15.0. The molecule has 1 amide bonds. The third-order valence-corrected chi connectivity index (χ3v) is 4.88. The van der Waals surface area contributed by atoms with E-state index in [2.05, 4.69) is 0 Å². The van der Waals surface area contributed by atoms with Gasteiger partial charge < -0.3 is 14.7 Å². The minimum Gasteiger partial charge on any atom is -0.488 e. The summed E-state index contributed by atoms with van der Waals surface area (Å²) >= 11 is 6.15. The predicted octanol–water partition coefficient (Wildman–Crippen LogP) is 4.00. The Morgan fingerprint density at radius 1 is 1.15 bits per heavy atom. The second-order valence-electron chi connectivity index (χ2n) is 6.27. The first-order valence-electron chi connectivity index (χ1n) is 8.54. The van der Waals surface area contributed by atoms with E-state index in [1.54, 1.807) is 35.2 Å². The Kier molecular flexibility index (Phi) is 5.78. The van der Waals surface area contributed by atoms with Crippen LogP contribution in [-0.4, -0.2) is 34.5 Å². The second kappa shape index (κ2) is 8.23. The first kappa shape index (κ1) is 18.3. The van der Waals surface area contributed by atoms with Gasteiger partial charge in [-0.1, -0.05) is 41.9 Å². The van der Waals surface area contributed by atoms with Gasteiger partial charge in [-0.2, -0.15) is 0 Å². The van der Waals surface area contributed by atoms with Gasteiger partial charge in [-0.3, -0.25) is 9.59 Å². The molecule has 0 spiro atoms. The van der Waals surface area contributed by atoms with Crippen molar-refractivity contribution in [2.75, 3.05) is 6.54 Å². The van der Waals surface area contributed by atoms with Crippen LogP contribution in [0.1, 0.15) is 35.2 Å². The molecular formula is C20H20ClNO4. The third kappa shape index (κ3) is 4.17. The van der Waals surface area contributed by atoms with Crippen molar-refractivity contribution in [2.45, 2.75) is 31.9 Å². The molecule has 2 aromatic rings. The van der Waals surface area contributed by atoms with Crippen LogP contribution in [0.5, 0.6) is 5.75 Å². The molecule has 2 aromatic carbocycles. The van der Waals surface area contributed by atoms with Crippen LogP contribution in [0, 0.1) is 0 Å². The van der Waals surface area contributed by atoms with Crippen molar-refractivity contribution in [3.63, 3.8) is 0 Å². The van der Waals surface area contributed by atoms with Gasteiger partial charge in [0.05, 0.1) is 12.0 Å². The van der Waals surface area contributed by atoms with Gasteiger partial charge in [0, 0.05) is 23.2 Å². The predicted molar refractivity (Wildman–Crippen MR) is 98.5 cm³/mol. The second-order valence-corrected chi connectivity index (χ2v) is 6.68. The van der Waals surface area contributed by atoms with Crippen molar-refractivity contribution in [3.05, 3.63) is 64.7 Å². The molecule has 5 nitrogen and oxygen atoms in total. The number of carbonyl (C=O) groups is 2. The molecule has 26 heavy (non-hydrogen) atoms. The molecule has 1 fully saturated rings. The highest BCUT2D eigenvalue weighted by Gasteiger charge is 2.32. The fourth-order valence-electron chi connectivity index (χ4n) is 3.21. The molecule has 1 aliphatic rings. The maximum Gasteiger partial charge on any atom is 0.305 e. The molecule has 136 valence electrons. The lowest BCUT2D eigenvalue weighted by atomic mass is 10.1. The van der Waals surface area contributed by atoms with E-state index in [1.807, 2.05) is 18.2 Å². The quantitative estimate of drug-likeness (QED) is 0.831. The Bertz CT molecular complexity index is 808. The number of hydrogen-bond donors (Lipinski definition) is 1. The minimum atomic E-state index is -0.891. The number of nitrogens with zero attached hydrogens (tertiary/aromatic N) is 1. The Morgan fingerprint density at radius 2 is 1.88 bits per heavy atom. The number of carboxylic acids is 1. The average Bonchev–Trinajstić information content (AvgIpc) is 3.08. The number of carbonyl (C=O) groups excluding carboxylic acids is 1. The number of amides is 1. The lowest BCUT2D eigenvalue weighted by Gasteiger charge is -2.24. The minimum absolute atomic E-state index is 0.0333. The number of carboxylic acid groups (broad SMARTS) is 1. The monoisotopic (exact) mass is 373 g/mol. The smallest absolute Gasteiger partial charge is 0.305 e. The van der Waals surface area contributed by atoms with E-state index >= 15 is 0 Å². The van der Waals surface area contributed by atoms with Crippen molar-refractivity contribution in [3.8, 4) is 5.75 Å². The van der Waals surface area contributed by atoms with Gasteiger partial charge in [0.2, 0.25) is 0 Å². The molecule has 0 aromatic heterocycles. The van der Waals surface area contributed by atoms with Crippen LogP contribution in [0.3, 0.4) is 0 Å². The van der Waals surface area contributed by atoms with Crippen molar-refractivity contribution >= 4 is 23.5 Å². The number of benzene rings is 2. The van der Waals surface area contributed by atoms with Crippen molar-refractivity contribution in [1.29, 1.82) is 0 Å². The molecule has 1 aliphatic heterocycles. The van der Waals surface area contributed by atoms with Crippen LogP contribution in [0.2, 0.25) is 5.02 Å². The summed E-state index contributed by atoms with van der Waals surface area (Å²) in [6.45, 7) is 0.818. The Morgan fingerprint density at radius 3 is 2.65 bits per heavy atom. The molecule has 1 N–H and O–H groups in total. The van der Waals surface area contributed by atoms with E-state index in [1.165, 1.54) is 0 Å². The Hall–Kier alpha value is -2.53. The number of hydrogen-bond acceptors (Lipinski definition) is 3. The van der Waals surface area contributed by atoms with Gasteiger partial charge in [-0.25, -0.2) is 0 Å². The van der Waals surface area contributed by atoms with E-state index in [-0.39, 0.29) is 25.0 Å². The number of rotatable bonds is 6. The van der Waals surface area contributed by atoms with Crippen molar-refractivity contribution in [2.24, 2.45) is 0 Å². The summed E-state index contributed by atoms with van der Waals surface area (Å²) in [5, 5.41) is 9.67. The average molecular weight is 374 g/mol. The molecule has 1 heterocycles. The molecule has 1 saturated heterocycles.